The lowest BCUT2D eigenvalue weighted by molar-refractivity contribution is 0.219. The normalized spacial score (nSPS) is 11.7. The molecule has 0 fully saturated rings. The van der Waals surface area contributed by atoms with Crippen LogP contribution < -0.4 is 0 Å². The van der Waals surface area contributed by atoms with Crippen LogP contribution in [0.1, 0.15) is 25.0 Å². The second-order valence-corrected chi connectivity index (χ2v) is 5.59. The smallest absolute Gasteiger partial charge is 0.309 e. The summed E-state index contributed by atoms with van der Waals surface area (Å²) < 4.78 is 22.8. The van der Waals surface area contributed by atoms with Gasteiger partial charge >= 0.3 is 7.60 Å². The van der Waals surface area contributed by atoms with Crippen LogP contribution in [0.5, 0.6) is 0 Å². The Morgan fingerprint density at radius 1 is 1.12 bits per heavy atom. The minimum atomic E-state index is -2.97. The predicted octanol–water partition coefficient (Wildman–Crippen LogP) is 3.76. The second-order valence-electron chi connectivity index (χ2n) is 3.53. The molecule has 0 bridgehead atoms. The monoisotopic (exact) mass is 242 g/mol. The van der Waals surface area contributed by atoms with E-state index < -0.39 is 7.60 Å². The molecule has 0 aliphatic carbocycles. The summed E-state index contributed by atoms with van der Waals surface area (Å²) in [6.45, 7) is 6.46. The molecular formula is C12H19O3P. The molecule has 0 aromatic heterocycles. The highest BCUT2D eigenvalue weighted by Crippen LogP contribution is 2.51. The minimum Gasteiger partial charge on any atom is -0.309 e. The maximum absolute atomic E-state index is 12.3. The highest BCUT2D eigenvalue weighted by Gasteiger charge is 2.24. The highest BCUT2D eigenvalue weighted by molar-refractivity contribution is 7.53. The molecule has 0 atom stereocenters. The van der Waals surface area contributed by atoms with Gasteiger partial charge in [0, 0.05) is 0 Å². The van der Waals surface area contributed by atoms with Gasteiger partial charge in [-0.05, 0) is 31.9 Å². The summed E-state index contributed by atoms with van der Waals surface area (Å²) in [4.78, 5) is 0. The van der Waals surface area contributed by atoms with E-state index in [1.807, 2.05) is 45.0 Å². The Morgan fingerprint density at radius 3 is 2.19 bits per heavy atom. The molecular weight excluding hydrogens is 223 g/mol. The Hall–Kier alpha value is -0.630. The Morgan fingerprint density at radius 2 is 1.69 bits per heavy atom. The van der Waals surface area contributed by atoms with Gasteiger partial charge in [-0.15, -0.1) is 0 Å². The SMILES string of the molecule is CCOP(=O)(Cc1ccccc1C)OCC. The van der Waals surface area contributed by atoms with Crippen molar-refractivity contribution in [1.29, 1.82) is 0 Å². The van der Waals surface area contributed by atoms with Crippen LogP contribution in [0, 0.1) is 6.92 Å². The summed E-state index contributed by atoms with van der Waals surface area (Å²) in [6, 6.07) is 7.85. The number of rotatable bonds is 6. The van der Waals surface area contributed by atoms with Gasteiger partial charge in [0.15, 0.2) is 0 Å². The molecule has 0 unspecified atom stereocenters. The number of aryl methyl sites for hydroxylation is 1. The van der Waals surface area contributed by atoms with E-state index in [0.29, 0.717) is 19.4 Å². The van der Waals surface area contributed by atoms with Crippen LogP contribution in [0.3, 0.4) is 0 Å². The van der Waals surface area contributed by atoms with E-state index in [-0.39, 0.29) is 0 Å². The lowest BCUT2D eigenvalue weighted by atomic mass is 10.1. The molecule has 3 nitrogen and oxygen atoms in total. The molecule has 0 radical (unpaired) electrons. The summed E-state index contributed by atoms with van der Waals surface area (Å²) in [5.74, 6) is 0. The fourth-order valence-electron chi connectivity index (χ4n) is 1.52. The average molecular weight is 242 g/mol. The first-order chi connectivity index (χ1) is 7.61. The van der Waals surface area contributed by atoms with Gasteiger partial charge in [-0.1, -0.05) is 24.3 Å². The molecule has 0 saturated carbocycles. The molecule has 0 aliphatic rings. The van der Waals surface area contributed by atoms with Crippen LogP contribution in [0.15, 0.2) is 24.3 Å². The van der Waals surface area contributed by atoms with E-state index in [2.05, 4.69) is 0 Å². The van der Waals surface area contributed by atoms with Crippen molar-refractivity contribution in [3.8, 4) is 0 Å². The van der Waals surface area contributed by atoms with Gasteiger partial charge in [-0.3, -0.25) is 4.57 Å². The molecule has 0 amide bonds. The minimum absolute atomic E-state index is 0.349. The van der Waals surface area contributed by atoms with Gasteiger partial charge in [0.2, 0.25) is 0 Å². The van der Waals surface area contributed by atoms with Crippen molar-refractivity contribution in [1.82, 2.24) is 0 Å². The maximum Gasteiger partial charge on any atom is 0.335 e. The van der Waals surface area contributed by atoms with E-state index >= 15 is 0 Å². The standard InChI is InChI=1S/C12H19O3P/c1-4-14-16(13,15-5-2)10-12-9-7-6-8-11(12)3/h6-9H,4-5,10H2,1-3H3. The third-order valence-electron chi connectivity index (χ3n) is 2.28. The second kappa shape index (κ2) is 6.19. The Labute approximate surface area is 97.3 Å². The van der Waals surface area contributed by atoms with Gasteiger partial charge in [-0.2, -0.15) is 0 Å². The van der Waals surface area contributed by atoms with Gasteiger partial charge in [0.05, 0.1) is 19.4 Å². The zero-order valence-electron chi connectivity index (χ0n) is 10.1. The van der Waals surface area contributed by atoms with Crippen LogP contribution in [-0.2, 0) is 19.8 Å². The fraction of sp³-hybridized carbons (Fsp3) is 0.500. The van der Waals surface area contributed by atoms with Crippen molar-refractivity contribution in [3.05, 3.63) is 35.4 Å². The molecule has 0 heterocycles. The molecule has 1 aromatic carbocycles. The Kier molecular flexibility index (Phi) is 5.20. The van der Waals surface area contributed by atoms with E-state index in [1.165, 1.54) is 0 Å². The third-order valence-corrected chi connectivity index (χ3v) is 4.31. The third kappa shape index (κ3) is 3.75. The fourth-order valence-corrected chi connectivity index (χ4v) is 3.33. The Balaban J connectivity index is 2.83. The topological polar surface area (TPSA) is 35.5 Å². The number of hydrogen-bond acceptors (Lipinski definition) is 3. The molecule has 1 rings (SSSR count). The molecule has 0 N–H and O–H groups in total. The van der Waals surface area contributed by atoms with E-state index in [4.69, 9.17) is 9.05 Å². The van der Waals surface area contributed by atoms with Crippen molar-refractivity contribution in [2.45, 2.75) is 26.9 Å². The molecule has 4 heteroatoms. The van der Waals surface area contributed by atoms with E-state index in [9.17, 15) is 4.57 Å². The van der Waals surface area contributed by atoms with Gasteiger partial charge in [0.1, 0.15) is 0 Å². The summed E-state index contributed by atoms with van der Waals surface area (Å²) in [6.07, 6.45) is 0.349. The van der Waals surface area contributed by atoms with Crippen molar-refractivity contribution in [3.63, 3.8) is 0 Å². The van der Waals surface area contributed by atoms with Crippen LogP contribution in [-0.4, -0.2) is 13.2 Å². The van der Waals surface area contributed by atoms with Gasteiger partial charge in [-0.25, -0.2) is 0 Å². The first-order valence-electron chi connectivity index (χ1n) is 5.54. The predicted molar refractivity (Wildman–Crippen MR) is 65.7 cm³/mol. The molecule has 90 valence electrons. The van der Waals surface area contributed by atoms with E-state index in [0.717, 1.165) is 11.1 Å². The molecule has 1 aromatic rings. The van der Waals surface area contributed by atoms with Crippen molar-refractivity contribution < 1.29 is 13.6 Å². The zero-order chi connectivity index (χ0) is 12.0. The van der Waals surface area contributed by atoms with Crippen LogP contribution in [0.25, 0.3) is 0 Å². The summed E-state index contributed by atoms with van der Waals surface area (Å²) in [5, 5.41) is 0. The quantitative estimate of drug-likeness (QED) is 0.712. The average Bonchev–Trinajstić information content (AvgIpc) is 2.22. The maximum atomic E-state index is 12.3. The van der Waals surface area contributed by atoms with Gasteiger partial charge in [0.25, 0.3) is 0 Å². The molecule has 0 saturated heterocycles. The molecule has 0 spiro atoms. The van der Waals surface area contributed by atoms with Crippen LogP contribution in [0.4, 0.5) is 0 Å². The summed E-state index contributed by atoms with van der Waals surface area (Å²) in [7, 11) is -2.97. The van der Waals surface area contributed by atoms with Gasteiger partial charge < -0.3 is 9.05 Å². The summed E-state index contributed by atoms with van der Waals surface area (Å²) in [5.41, 5.74) is 2.13. The van der Waals surface area contributed by atoms with Crippen LogP contribution in [0.2, 0.25) is 0 Å². The van der Waals surface area contributed by atoms with E-state index in [1.54, 1.807) is 0 Å². The first-order valence-corrected chi connectivity index (χ1v) is 7.26. The van der Waals surface area contributed by atoms with Crippen molar-refractivity contribution >= 4 is 7.60 Å². The molecule has 0 aliphatic heterocycles. The van der Waals surface area contributed by atoms with Crippen molar-refractivity contribution in [2.75, 3.05) is 13.2 Å². The van der Waals surface area contributed by atoms with Crippen LogP contribution >= 0.6 is 7.60 Å². The lowest BCUT2D eigenvalue weighted by Gasteiger charge is -2.17. The number of hydrogen-bond donors (Lipinski definition) is 0. The largest absolute Gasteiger partial charge is 0.335 e. The Bertz CT molecular complexity index is 366. The summed E-state index contributed by atoms with van der Waals surface area (Å²) >= 11 is 0. The molecule has 16 heavy (non-hydrogen) atoms. The lowest BCUT2D eigenvalue weighted by Crippen LogP contribution is -2.00. The first kappa shape index (κ1) is 13.4. The highest BCUT2D eigenvalue weighted by atomic mass is 31.2. The van der Waals surface area contributed by atoms with Crippen molar-refractivity contribution in [2.24, 2.45) is 0 Å². The number of benzene rings is 1. The zero-order valence-corrected chi connectivity index (χ0v) is 11.0.